The Morgan fingerprint density at radius 2 is 2.15 bits per heavy atom. The predicted octanol–water partition coefficient (Wildman–Crippen LogP) is 0.499. The normalized spacial score (nSPS) is 12.2. The zero-order valence-corrected chi connectivity index (χ0v) is 8.21. The summed E-state index contributed by atoms with van der Waals surface area (Å²) in [6, 6.07) is 0. The molecule has 1 atom stereocenters. The summed E-state index contributed by atoms with van der Waals surface area (Å²) in [4.78, 5) is 21.7. The summed E-state index contributed by atoms with van der Waals surface area (Å²) in [5.74, 6) is -0.921. The van der Waals surface area contributed by atoms with E-state index >= 15 is 0 Å². The Bertz CT molecular complexity index is 181. The summed E-state index contributed by atoms with van der Waals surface area (Å²) in [5, 5.41) is 8.97. The minimum Gasteiger partial charge on any atom is -0.466 e. The van der Waals surface area contributed by atoms with E-state index in [4.69, 9.17) is 16.7 Å². The fourth-order valence-corrected chi connectivity index (χ4v) is 0.872. The van der Waals surface area contributed by atoms with Crippen LogP contribution in [0.2, 0.25) is 0 Å². The first kappa shape index (κ1) is 12.4. The lowest BCUT2D eigenvalue weighted by Crippen LogP contribution is -2.18. The zero-order valence-electron chi connectivity index (χ0n) is 7.46. The number of halogens is 1. The van der Waals surface area contributed by atoms with Crippen molar-refractivity contribution >= 4 is 23.4 Å². The molecule has 0 aliphatic carbocycles. The van der Waals surface area contributed by atoms with Crippen LogP contribution in [-0.4, -0.2) is 35.4 Å². The second-order valence-corrected chi connectivity index (χ2v) is 2.84. The van der Waals surface area contributed by atoms with Crippen molar-refractivity contribution in [2.75, 3.05) is 12.5 Å². The number of carbonyl (C=O) groups excluding carboxylic acids is 2. The van der Waals surface area contributed by atoms with Crippen LogP contribution in [0.3, 0.4) is 0 Å². The van der Waals surface area contributed by atoms with E-state index in [1.54, 1.807) is 6.92 Å². The van der Waals surface area contributed by atoms with Crippen molar-refractivity contribution in [3.8, 4) is 0 Å². The third-order valence-electron chi connectivity index (χ3n) is 1.29. The Hall–Kier alpha value is -0.610. The quantitative estimate of drug-likeness (QED) is 0.392. The van der Waals surface area contributed by atoms with Crippen molar-refractivity contribution in [1.82, 2.24) is 0 Å². The van der Waals surface area contributed by atoms with Crippen LogP contribution >= 0.6 is 11.6 Å². The van der Waals surface area contributed by atoms with Gasteiger partial charge in [0.1, 0.15) is 12.2 Å². The average molecular weight is 209 g/mol. The molecule has 0 saturated carbocycles. The lowest BCUT2D eigenvalue weighted by atomic mass is 10.1. The number of carbonyl (C=O) groups is 2. The molecule has 0 bridgehead atoms. The van der Waals surface area contributed by atoms with E-state index in [0.717, 1.165) is 0 Å². The number of hydrogen-bond acceptors (Lipinski definition) is 4. The van der Waals surface area contributed by atoms with E-state index < -0.39 is 12.1 Å². The lowest BCUT2D eigenvalue weighted by Gasteiger charge is -2.04. The topological polar surface area (TPSA) is 63.6 Å². The van der Waals surface area contributed by atoms with Gasteiger partial charge >= 0.3 is 5.97 Å². The zero-order chi connectivity index (χ0) is 10.3. The summed E-state index contributed by atoms with van der Waals surface area (Å²) in [6.07, 6.45) is -1.26. The largest absolute Gasteiger partial charge is 0.466 e. The SMILES string of the molecule is CCOC(=O)CC(=O)C[C@H](O)CCl. The second kappa shape index (κ2) is 6.86. The molecule has 13 heavy (non-hydrogen) atoms. The van der Waals surface area contributed by atoms with Crippen molar-refractivity contribution < 1.29 is 19.4 Å². The third-order valence-corrected chi connectivity index (χ3v) is 1.64. The smallest absolute Gasteiger partial charge is 0.313 e. The van der Waals surface area contributed by atoms with E-state index in [-0.39, 0.29) is 31.1 Å². The van der Waals surface area contributed by atoms with Crippen molar-refractivity contribution in [2.24, 2.45) is 0 Å². The number of esters is 1. The van der Waals surface area contributed by atoms with Gasteiger partial charge < -0.3 is 9.84 Å². The monoisotopic (exact) mass is 208 g/mol. The number of hydrogen-bond donors (Lipinski definition) is 1. The van der Waals surface area contributed by atoms with Gasteiger partial charge in [-0.05, 0) is 6.92 Å². The Balaban J connectivity index is 3.67. The van der Waals surface area contributed by atoms with E-state index in [2.05, 4.69) is 4.74 Å². The number of Topliss-reactive ketones (excluding diaryl/α,β-unsaturated/α-hetero) is 1. The molecule has 0 radical (unpaired) electrons. The van der Waals surface area contributed by atoms with Crippen LogP contribution in [0.25, 0.3) is 0 Å². The molecular weight excluding hydrogens is 196 g/mol. The third kappa shape index (κ3) is 6.54. The Labute approximate surface area is 81.8 Å². The van der Waals surface area contributed by atoms with Crippen LogP contribution in [0.1, 0.15) is 19.8 Å². The van der Waals surface area contributed by atoms with Crippen LogP contribution < -0.4 is 0 Å². The maximum atomic E-state index is 11.0. The molecule has 0 aromatic heterocycles. The van der Waals surface area contributed by atoms with Crippen molar-refractivity contribution in [3.05, 3.63) is 0 Å². The highest BCUT2D eigenvalue weighted by atomic mass is 35.5. The molecule has 0 saturated heterocycles. The van der Waals surface area contributed by atoms with Gasteiger partial charge in [-0.15, -0.1) is 11.6 Å². The molecule has 4 nitrogen and oxygen atoms in total. The van der Waals surface area contributed by atoms with E-state index in [1.807, 2.05) is 0 Å². The molecule has 0 spiro atoms. The highest BCUT2D eigenvalue weighted by Gasteiger charge is 2.14. The minimum absolute atomic E-state index is 0.00539. The van der Waals surface area contributed by atoms with Gasteiger partial charge in [0.2, 0.25) is 0 Å². The molecular formula is C8H13ClO4. The average Bonchev–Trinajstić information content (AvgIpc) is 2.04. The molecule has 1 N–H and O–H groups in total. The van der Waals surface area contributed by atoms with Crippen LogP contribution in [0, 0.1) is 0 Å². The summed E-state index contributed by atoms with van der Waals surface area (Å²) < 4.78 is 4.55. The highest BCUT2D eigenvalue weighted by Crippen LogP contribution is 1.99. The van der Waals surface area contributed by atoms with Gasteiger partial charge in [-0.25, -0.2) is 0 Å². The Morgan fingerprint density at radius 3 is 2.62 bits per heavy atom. The van der Waals surface area contributed by atoms with Crippen LogP contribution in [0.15, 0.2) is 0 Å². The van der Waals surface area contributed by atoms with E-state index in [0.29, 0.717) is 0 Å². The molecule has 0 aliphatic heterocycles. The van der Waals surface area contributed by atoms with Gasteiger partial charge in [-0.2, -0.15) is 0 Å². The molecule has 0 fully saturated rings. The van der Waals surface area contributed by atoms with Crippen molar-refractivity contribution in [3.63, 3.8) is 0 Å². The number of ether oxygens (including phenoxy) is 1. The molecule has 0 rings (SSSR count). The van der Waals surface area contributed by atoms with Gasteiger partial charge in [0.05, 0.1) is 12.7 Å². The second-order valence-electron chi connectivity index (χ2n) is 2.53. The van der Waals surface area contributed by atoms with Crippen LogP contribution in [0.4, 0.5) is 0 Å². The summed E-state index contributed by atoms with van der Waals surface area (Å²) in [5.41, 5.74) is 0. The number of aliphatic hydroxyl groups excluding tert-OH is 1. The lowest BCUT2D eigenvalue weighted by molar-refractivity contribution is -0.145. The molecule has 0 aromatic carbocycles. The summed E-state index contributed by atoms with van der Waals surface area (Å²) in [6.45, 7) is 1.92. The molecule has 0 aromatic rings. The molecule has 0 amide bonds. The Morgan fingerprint density at radius 1 is 1.54 bits per heavy atom. The maximum Gasteiger partial charge on any atom is 0.313 e. The number of aliphatic hydroxyl groups is 1. The fourth-order valence-electron chi connectivity index (χ4n) is 0.763. The van der Waals surface area contributed by atoms with Gasteiger partial charge in [0, 0.05) is 12.3 Å². The summed E-state index contributed by atoms with van der Waals surface area (Å²) in [7, 11) is 0. The number of rotatable bonds is 6. The molecule has 0 unspecified atom stereocenters. The first-order valence-electron chi connectivity index (χ1n) is 4.01. The Kier molecular flexibility index (Phi) is 6.54. The molecule has 76 valence electrons. The van der Waals surface area contributed by atoms with E-state index in [1.165, 1.54) is 0 Å². The first-order chi connectivity index (χ1) is 6.10. The van der Waals surface area contributed by atoms with Gasteiger partial charge in [0.25, 0.3) is 0 Å². The molecule has 5 heteroatoms. The van der Waals surface area contributed by atoms with E-state index in [9.17, 15) is 9.59 Å². The molecule has 0 heterocycles. The standard InChI is InChI=1S/C8H13ClO4/c1-2-13-8(12)4-6(10)3-7(11)5-9/h7,11H,2-5H2,1H3/t7-/m0/s1. The van der Waals surface area contributed by atoms with Gasteiger partial charge in [-0.1, -0.05) is 0 Å². The van der Waals surface area contributed by atoms with Crippen molar-refractivity contribution in [1.29, 1.82) is 0 Å². The van der Waals surface area contributed by atoms with Gasteiger partial charge in [-0.3, -0.25) is 9.59 Å². The number of ketones is 1. The van der Waals surface area contributed by atoms with Gasteiger partial charge in [0.15, 0.2) is 0 Å². The highest BCUT2D eigenvalue weighted by molar-refractivity contribution is 6.18. The fraction of sp³-hybridized carbons (Fsp3) is 0.750. The first-order valence-corrected chi connectivity index (χ1v) is 4.55. The minimum atomic E-state index is -0.872. The maximum absolute atomic E-state index is 11.0. The predicted molar refractivity (Wildman–Crippen MR) is 47.6 cm³/mol. The van der Waals surface area contributed by atoms with Crippen molar-refractivity contribution in [2.45, 2.75) is 25.9 Å². The van der Waals surface area contributed by atoms with Crippen LogP contribution in [0.5, 0.6) is 0 Å². The number of alkyl halides is 1. The molecule has 0 aliphatic rings. The van der Waals surface area contributed by atoms with Crippen LogP contribution in [-0.2, 0) is 14.3 Å². The summed E-state index contributed by atoms with van der Waals surface area (Å²) >= 11 is 5.28.